The summed E-state index contributed by atoms with van der Waals surface area (Å²) in [5.41, 5.74) is 4.78. The number of hydrogen-bond acceptors (Lipinski definition) is 3. The minimum Gasteiger partial charge on any atom is -0.480 e. The molecule has 98 valence electrons. The number of nitrogens with one attached hydrogen (secondary N) is 1. The van der Waals surface area contributed by atoms with Crippen LogP contribution in [0, 0.1) is 0 Å². The third-order valence-electron chi connectivity index (χ3n) is 1.76. The lowest BCUT2D eigenvalue weighted by molar-refractivity contribution is -0.140. The van der Waals surface area contributed by atoms with Crippen LogP contribution >= 0.6 is 0 Å². The zero-order chi connectivity index (χ0) is 13.6. The molecule has 0 aromatic carbocycles. The van der Waals surface area contributed by atoms with Gasteiger partial charge in [0.15, 0.2) is 0 Å². The fourth-order valence-electron chi connectivity index (χ4n) is 0.950. The number of hydrogen-bond donors (Lipinski definition) is 3. The Morgan fingerprint density at radius 3 is 2.29 bits per heavy atom. The van der Waals surface area contributed by atoms with E-state index in [1.54, 1.807) is 0 Å². The first-order valence-corrected chi connectivity index (χ1v) is 4.55. The molecule has 4 N–H and O–H groups in total. The van der Waals surface area contributed by atoms with E-state index in [-0.39, 0.29) is 0 Å². The van der Waals surface area contributed by atoms with Gasteiger partial charge in [0.05, 0.1) is 13.0 Å². The van der Waals surface area contributed by atoms with Crippen LogP contribution in [0.4, 0.5) is 13.6 Å². The predicted molar refractivity (Wildman–Crippen MR) is 52.4 cm³/mol. The van der Waals surface area contributed by atoms with Crippen LogP contribution in [-0.4, -0.2) is 54.0 Å². The molecule has 0 saturated carbocycles. The summed E-state index contributed by atoms with van der Waals surface area (Å²) in [7, 11) is 1.07. The molecule has 0 aliphatic rings. The number of carboxylic acids is 1. The summed E-state index contributed by atoms with van der Waals surface area (Å²) in [6, 6.07) is -2.54. The average molecular weight is 253 g/mol. The van der Waals surface area contributed by atoms with E-state index in [4.69, 9.17) is 10.8 Å². The predicted octanol–water partition coefficient (Wildman–Crippen LogP) is -0.778. The van der Waals surface area contributed by atoms with Crippen molar-refractivity contribution in [3.8, 4) is 0 Å². The Labute approximate surface area is 95.6 Å². The molecule has 0 aromatic heterocycles. The van der Waals surface area contributed by atoms with Crippen LogP contribution in [0.5, 0.6) is 0 Å². The second kappa shape index (κ2) is 6.61. The summed E-state index contributed by atoms with van der Waals surface area (Å²) in [6.07, 6.45) is -3.34. The number of rotatable bonds is 6. The van der Waals surface area contributed by atoms with Gasteiger partial charge >= 0.3 is 12.0 Å². The van der Waals surface area contributed by atoms with Crippen LogP contribution in [0.2, 0.25) is 0 Å². The van der Waals surface area contributed by atoms with Crippen LogP contribution in [0.1, 0.15) is 6.42 Å². The van der Waals surface area contributed by atoms with Crippen molar-refractivity contribution >= 4 is 17.9 Å². The Bertz CT molecular complexity index is 311. The molecule has 0 saturated heterocycles. The summed E-state index contributed by atoms with van der Waals surface area (Å²) >= 11 is 0. The fourth-order valence-corrected chi connectivity index (χ4v) is 0.950. The maximum atomic E-state index is 11.9. The minimum atomic E-state index is -2.73. The van der Waals surface area contributed by atoms with Gasteiger partial charge in [0.1, 0.15) is 6.04 Å². The number of nitrogens with two attached hydrogens (primary N) is 1. The summed E-state index contributed by atoms with van der Waals surface area (Å²) in [5, 5.41) is 10.6. The Balaban J connectivity index is 4.39. The van der Waals surface area contributed by atoms with E-state index in [1.807, 2.05) is 5.32 Å². The number of carboxylic acid groups (broad SMARTS) is 1. The Hall–Kier alpha value is -1.93. The van der Waals surface area contributed by atoms with Crippen molar-refractivity contribution in [3.05, 3.63) is 0 Å². The molecular weight excluding hydrogens is 240 g/mol. The summed E-state index contributed by atoms with van der Waals surface area (Å²) < 4.78 is 23.9. The number of nitrogens with zero attached hydrogens (tertiary/aromatic N) is 1. The second-order valence-electron chi connectivity index (χ2n) is 3.28. The minimum absolute atomic E-state index is 0.608. The lowest BCUT2D eigenvalue weighted by Crippen LogP contribution is -2.49. The van der Waals surface area contributed by atoms with E-state index < -0.39 is 43.3 Å². The van der Waals surface area contributed by atoms with Gasteiger partial charge in [0.25, 0.3) is 6.43 Å². The van der Waals surface area contributed by atoms with Gasteiger partial charge in [-0.05, 0) is 0 Å². The van der Waals surface area contributed by atoms with Gasteiger partial charge in [-0.2, -0.15) is 0 Å². The SMILES string of the molecule is CN(CC(F)F)C(=O)NC(CC(N)=O)C(=O)O. The third-order valence-corrected chi connectivity index (χ3v) is 1.76. The van der Waals surface area contributed by atoms with Gasteiger partial charge in [0, 0.05) is 7.05 Å². The molecule has 9 heteroatoms. The van der Waals surface area contributed by atoms with Crippen LogP contribution in [0.25, 0.3) is 0 Å². The van der Waals surface area contributed by atoms with E-state index in [2.05, 4.69) is 0 Å². The van der Waals surface area contributed by atoms with E-state index in [0.717, 1.165) is 7.05 Å². The highest BCUT2D eigenvalue weighted by atomic mass is 19.3. The molecule has 3 amide bonds. The lowest BCUT2D eigenvalue weighted by atomic mass is 10.2. The van der Waals surface area contributed by atoms with Gasteiger partial charge < -0.3 is 21.1 Å². The van der Waals surface area contributed by atoms with Crippen LogP contribution < -0.4 is 11.1 Å². The third kappa shape index (κ3) is 6.28. The van der Waals surface area contributed by atoms with E-state index >= 15 is 0 Å². The molecule has 0 radical (unpaired) electrons. The highest BCUT2D eigenvalue weighted by Gasteiger charge is 2.24. The summed E-state index contributed by atoms with van der Waals surface area (Å²) in [4.78, 5) is 33.0. The first-order valence-electron chi connectivity index (χ1n) is 4.55. The molecule has 1 atom stereocenters. The number of urea groups is 1. The van der Waals surface area contributed by atoms with Gasteiger partial charge in [-0.15, -0.1) is 0 Å². The van der Waals surface area contributed by atoms with Gasteiger partial charge in [-0.1, -0.05) is 0 Å². The monoisotopic (exact) mass is 253 g/mol. The highest BCUT2D eigenvalue weighted by molar-refractivity contribution is 5.87. The van der Waals surface area contributed by atoms with Crippen molar-refractivity contribution in [1.29, 1.82) is 0 Å². The molecule has 0 fully saturated rings. The molecule has 0 bridgehead atoms. The lowest BCUT2D eigenvalue weighted by Gasteiger charge is -2.20. The van der Waals surface area contributed by atoms with Crippen molar-refractivity contribution in [2.75, 3.05) is 13.6 Å². The number of carbonyl (C=O) groups is 3. The van der Waals surface area contributed by atoms with Crippen LogP contribution in [-0.2, 0) is 9.59 Å². The largest absolute Gasteiger partial charge is 0.480 e. The van der Waals surface area contributed by atoms with Crippen molar-refractivity contribution in [1.82, 2.24) is 10.2 Å². The van der Waals surface area contributed by atoms with Crippen molar-refractivity contribution in [2.24, 2.45) is 5.73 Å². The molecule has 17 heavy (non-hydrogen) atoms. The molecule has 0 spiro atoms. The molecule has 0 aliphatic carbocycles. The number of alkyl halides is 2. The second-order valence-corrected chi connectivity index (χ2v) is 3.28. The quantitative estimate of drug-likeness (QED) is 0.576. The number of aliphatic carboxylic acids is 1. The molecule has 7 nitrogen and oxygen atoms in total. The summed E-state index contributed by atoms with van der Waals surface area (Å²) in [5.74, 6) is -2.39. The first-order chi connectivity index (χ1) is 7.73. The molecule has 1 unspecified atom stereocenters. The zero-order valence-corrected chi connectivity index (χ0v) is 9.02. The van der Waals surface area contributed by atoms with Gasteiger partial charge in [0.2, 0.25) is 5.91 Å². The molecular formula is C8H13F2N3O4. The van der Waals surface area contributed by atoms with E-state index in [1.165, 1.54) is 0 Å². The van der Waals surface area contributed by atoms with Crippen LogP contribution in [0.15, 0.2) is 0 Å². The van der Waals surface area contributed by atoms with E-state index in [0.29, 0.717) is 4.90 Å². The normalized spacial score (nSPS) is 12.0. The molecule has 0 aromatic rings. The number of halogens is 2. The average Bonchev–Trinajstić information content (AvgIpc) is 2.14. The topological polar surface area (TPSA) is 113 Å². The molecule has 0 heterocycles. The van der Waals surface area contributed by atoms with Crippen molar-refractivity contribution in [3.63, 3.8) is 0 Å². The van der Waals surface area contributed by atoms with Crippen molar-refractivity contribution in [2.45, 2.75) is 18.9 Å². The standard InChI is InChI=1S/C8H13F2N3O4/c1-13(3-5(9)10)8(17)12-4(7(15)16)2-6(11)14/h4-5H,2-3H2,1H3,(H2,11,14)(H,12,17)(H,15,16). The van der Waals surface area contributed by atoms with E-state index in [9.17, 15) is 23.2 Å². The Morgan fingerprint density at radius 1 is 1.41 bits per heavy atom. The van der Waals surface area contributed by atoms with Crippen molar-refractivity contribution < 1.29 is 28.3 Å². The maximum absolute atomic E-state index is 11.9. The highest BCUT2D eigenvalue weighted by Crippen LogP contribution is 1.98. The smallest absolute Gasteiger partial charge is 0.326 e. The van der Waals surface area contributed by atoms with Gasteiger partial charge in [-0.3, -0.25) is 4.79 Å². The number of carbonyl (C=O) groups excluding carboxylic acids is 2. The number of primary amides is 1. The Morgan fingerprint density at radius 2 is 1.94 bits per heavy atom. The van der Waals surface area contributed by atoms with Gasteiger partial charge in [-0.25, -0.2) is 18.4 Å². The fraction of sp³-hybridized carbons (Fsp3) is 0.625. The first kappa shape index (κ1) is 15.1. The molecule has 0 aliphatic heterocycles. The molecule has 0 rings (SSSR count). The maximum Gasteiger partial charge on any atom is 0.326 e. The Kier molecular flexibility index (Phi) is 5.86. The van der Waals surface area contributed by atoms with Crippen LogP contribution in [0.3, 0.4) is 0 Å². The zero-order valence-electron chi connectivity index (χ0n) is 9.02. The number of amides is 3. The summed E-state index contributed by atoms with van der Waals surface area (Å²) in [6.45, 7) is -0.839.